The molecule has 3 aromatic carbocycles. The molecule has 1 atom stereocenters. The lowest BCUT2D eigenvalue weighted by molar-refractivity contribution is -0.120. The number of methoxy groups -OCH3 is 1. The van der Waals surface area contributed by atoms with Crippen molar-refractivity contribution in [2.45, 2.75) is 38.1 Å². The number of nitrogens with zero attached hydrogens (tertiary/aromatic N) is 1. The van der Waals surface area contributed by atoms with Crippen molar-refractivity contribution < 1.29 is 17.9 Å². The second kappa shape index (κ2) is 11.2. The monoisotopic (exact) mass is 480 g/mol. The van der Waals surface area contributed by atoms with Crippen molar-refractivity contribution in [1.82, 2.24) is 5.32 Å². The van der Waals surface area contributed by atoms with Crippen LogP contribution in [-0.2, 0) is 14.8 Å². The van der Waals surface area contributed by atoms with Gasteiger partial charge in [0, 0.05) is 0 Å². The van der Waals surface area contributed by atoms with Crippen LogP contribution in [0, 0.1) is 12.8 Å². The highest BCUT2D eigenvalue weighted by atomic mass is 32.2. The molecule has 0 radical (unpaired) electrons. The highest BCUT2D eigenvalue weighted by Gasteiger charge is 2.28. The van der Waals surface area contributed by atoms with Gasteiger partial charge in [0.15, 0.2) is 0 Å². The first kappa shape index (κ1) is 25.3. The minimum absolute atomic E-state index is 0.137. The molecule has 0 unspecified atom stereocenters. The smallest absolute Gasteiger partial charge is 0.264 e. The highest BCUT2D eigenvalue weighted by molar-refractivity contribution is 7.92. The molecule has 3 rings (SSSR count). The molecule has 0 heterocycles. The van der Waals surface area contributed by atoms with Gasteiger partial charge in [0.25, 0.3) is 10.0 Å². The normalized spacial score (nSPS) is 12.3. The Morgan fingerprint density at radius 1 is 0.971 bits per heavy atom. The molecule has 1 N–H and O–H groups in total. The summed E-state index contributed by atoms with van der Waals surface area (Å²) >= 11 is 0. The van der Waals surface area contributed by atoms with E-state index in [4.69, 9.17) is 4.74 Å². The summed E-state index contributed by atoms with van der Waals surface area (Å²) in [6.45, 7) is 5.73. The van der Waals surface area contributed by atoms with Crippen LogP contribution in [0.2, 0.25) is 0 Å². The van der Waals surface area contributed by atoms with Gasteiger partial charge in [0.05, 0.1) is 23.7 Å². The highest BCUT2D eigenvalue weighted by Crippen LogP contribution is 2.26. The summed E-state index contributed by atoms with van der Waals surface area (Å²) in [6.07, 6.45) is 0.716. The SMILES string of the molecule is COc1ccc([C@@H](CC(C)C)NC(=O)CN(c2cccc(C)c2)S(=O)(=O)c2ccccc2)cc1. The number of rotatable bonds is 10. The van der Waals surface area contributed by atoms with Crippen LogP contribution >= 0.6 is 0 Å². The van der Waals surface area contributed by atoms with Crippen molar-refractivity contribution in [2.75, 3.05) is 18.0 Å². The maximum atomic E-state index is 13.5. The fourth-order valence-corrected chi connectivity index (χ4v) is 5.21. The molecule has 0 aliphatic rings. The number of hydrogen-bond donors (Lipinski definition) is 1. The zero-order valence-corrected chi connectivity index (χ0v) is 20.9. The van der Waals surface area contributed by atoms with E-state index in [9.17, 15) is 13.2 Å². The quantitative estimate of drug-likeness (QED) is 0.438. The van der Waals surface area contributed by atoms with Crippen LogP contribution in [0.1, 0.15) is 37.4 Å². The second-order valence-electron chi connectivity index (χ2n) is 8.69. The van der Waals surface area contributed by atoms with Gasteiger partial charge in [0.2, 0.25) is 5.91 Å². The number of amides is 1. The Bertz CT molecular complexity index is 1190. The first-order valence-corrected chi connectivity index (χ1v) is 12.7. The van der Waals surface area contributed by atoms with Crippen LogP contribution in [0.3, 0.4) is 0 Å². The van der Waals surface area contributed by atoms with Gasteiger partial charge in [0.1, 0.15) is 12.3 Å². The van der Waals surface area contributed by atoms with E-state index in [1.54, 1.807) is 43.5 Å². The molecular weight excluding hydrogens is 448 g/mol. The topological polar surface area (TPSA) is 75.7 Å². The second-order valence-corrected chi connectivity index (χ2v) is 10.5. The van der Waals surface area contributed by atoms with Crippen LogP contribution in [-0.4, -0.2) is 28.0 Å². The number of carbonyl (C=O) groups excluding carboxylic acids is 1. The van der Waals surface area contributed by atoms with Crippen LogP contribution in [0.4, 0.5) is 5.69 Å². The summed E-state index contributed by atoms with van der Waals surface area (Å²) in [4.78, 5) is 13.4. The zero-order chi connectivity index (χ0) is 24.7. The zero-order valence-electron chi connectivity index (χ0n) is 20.1. The fraction of sp³-hybridized carbons (Fsp3) is 0.296. The molecule has 0 aliphatic carbocycles. The van der Waals surface area contributed by atoms with Gasteiger partial charge < -0.3 is 10.1 Å². The first-order valence-electron chi connectivity index (χ1n) is 11.3. The summed E-state index contributed by atoms with van der Waals surface area (Å²) in [5.74, 6) is 0.689. The molecule has 180 valence electrons. The first-order chi connectivity index (χ1) is 16.2. The van der Waals surface area contributed by atoms with Crippen LogP contribution < -0.4 is 14.4 Å². The standard InChI is InChI=1S/C27H32N2O4S/c1-20(2)17-26(22-13-15-24(33-4)16-14-22)28-27(30)19-29(23-10-8-9-21(3)18-23)34(31,32)25-11-6-5-7-12-25/h5-16,18,20,26H,17,19H2,1-4H3,(H,28,30)/t26-/m1/s1. The van der Waals surface area contributed by atoms with E-state index in [0.717, 1.165) is 16.9 Å². The van der Waals surface area contributed by atoms with Crippen LogP contribution in [0.15, 0.2) is 83.8 Å². The summed E-state index contributed by atoms with van der Waals surface area (Å²) in [6, 6.07) is 22.6. The maximum Gasteiger partial charge on any atom is 0.264 e. The predicted octanol–water partition coefficient (Wildman–Crippen LogP) is 5.10. The summed E-state index contributed by atoms with van der Waals surface area (Å²) in [5, 5.41) is 3.05. The van der Waals surface area contributed by atoms with Crippen molar-refractivity contribution in [1.29, 1.82) is 0 Å². The Balaban J connectivity index is 1.90. The molecule has 0 saturated carbocycles. The third-order valence-corrected chi connectivity index (χ3v) is 7.26. The van der Waals surface area contributed by atoms with E-state index in [1.807, 2.05) is 37.3 Å². The fourth-order valence-electron chi connectivity index (χ4n) is 3.77. The van der Waals surface area contributed by atoms with Gasteiger partial charge in [-0.05, 0) is 66.8 Å². The van der Waals surface area contributed by atoms with Crippen molar-refractivity contribution >= 4 is 21.6 Å². The average molecular weight is 481 g/mol. The largest absolute Gasteiger partial charge is 0.497 e. The van der Waals surface area contributed by atoms with Crippen LogP contribution in [0.25, 0.3) is 0 Å². The van der Waals surface area contributed by atoms with E-state index in [2.05, 4.69) is 19.2 Å². The third-order valence-electron chi connectivity index (χ3n) is 5.47. The van der Waals surface area contributed by atoms with E-state index in [1.165, 1.54) is 16.4 Å². The van der Waals surface area contributed by atoms with Crippen molar-refractivity contribution in [3.8, 4) is 5.75 Å². The van der Waals surface area contributed by atoms with Crippen molar-refractivity contribution in [2.24, 2.45) is 5.92 Å². The lowest BCUT2D eigenvalue weighted by Crippen LogP contribution is -2.42. The Morgan fingerprint density at radius 3 is 2.24 bits per heavy atom. The van der Waals surface area contributed by atoms with Crippen molar-refractivity contribution in [3.63, 3.8) is 0 Å². The molecular formula is C27H32N2O4S. The van der Waals surface area contributed by atoms with E-state index < -0.39 is 10.0 Å². The lowest BCUT2D eigenvalue weighted by Gasteiger charge is -2.27. The van der Waals surface area contributed by atoms with E-state index in [-0.39, 0.29) is 23.4 Å². The number of anilines is 1. The van der Waals surface area contributed by atoms with E-state index in [0.29, 0.717) is 18.0 Å². The molecule has 0 aromatic heterocycles. The van der Waals surface area contributed by atoms with Crippen LogP contribution in [0.5, 0.6) is 5.75 Å². The number of aryl methyl sites for hydroxylation is 1. The molecule has 7 heteroatoms. The molecule has 6 nitrogen and oxygen atoms in total. The molecule has 0 aliphatic heterocycles. The van der Waals surface area contributed by atoms with E-state index >= 15 is 0 Å². The van der Waals surface area contributed by atoms with Crippen molar-refractivity contribution in [3.05, 3.63) is 90.0 Å². The molecule has 1 amide bonds. The van der Waals surface area contributed by atoms with Gasteiger partial charge >= 0.3 is 0 Å². The van der Waals surface area contributed by atoms with Gasteiger partial charge in [-0.25, -0.2) is 8.42 Å². The Labute approximate surface area is 202 Å². The molecule has 0 saturated heterocycles. The number of nitrogens with one attached hydrogen (secondary N) is 1. The Hall–Kier alpha value is -3.32. The molecule has 0 fully saturated rings. The molecule has 3 aromatic rings. The molecule has 0 bridgehead atoms. The maximum absolute atomic E-state index is 13.5. The third kappa shape index (κ3) is 6.38. The van der Waals surface area contributed by atoms with Gasteiger partial charge in [-0.2, -0.15) is 0 Å². The minimum Gasteiger partial charge on any atom is -0.497 e. The minimum atomic E-state index is -3.94. The number of hydrogen-bond acceptors (Lipinski definition) is 4. The lowest BCUT2D eigenvalue weighted by atomic mass is 9.97. The number of carbonyl (C=O) groups is 1. The number of sulfonamides is 1. The Morgan fingerprint density at radius 2 is 1.65 bits per heavy atom. The number of ether oxygens (including phenoxy) is 1. The summed E-state index contributed by atoms with van der Waals surface area (Å²) in [7, 11) is -2.34. The summed E-state index contributed by atoms with van der Waals surface area (Å²) < 4.78 is 33.4. The Kier molecular flexibility index (Phi) is 8.34. The van der Waals surface area contributed by atoms with Gasteiger partial charge in [-0.1, -0.05) is 56.3 Å². The predicted molar refractivity (Wildman–Crippen MR) is 135 cm³/mol. The average Bonchev–Trinajstić information content (AvgIpc) is 2.82. The van der Waals surface area contributed by atoms with Gasteiger partial charge in [-0.15, -0.1) is 0 Å². The molecule has 34 heavy (non-hydrogen) atoms. The van der Waals surface area contributed by atoms with Gasteiger partial charge in [-0.3, -0.25) is 9.10 Å². The molecule has 0 spiro atoms. The number of benzene rings is 3. The summed E-state index contributed by atoms with van der Waals surface area (Å²) in [5.41, 5.74) is 2.29.